The molecule has 0 spiro atoms. The number of carbonyl (C=O) groups is 1. The second kappa shape index (κ2) is 6.90. The Hall–Kier alpha value is -1.70. The number of thiophene rings is 1. The van der Waals surface area contributed by atoms with Crippen LogP contribution < -0.4 is 0 Å². The molecule has 2 bridgehead atoms. The maximum atomic E-state index is 13.0. The summed E-state index contributed by atoms with van der Waals surface area (Å²) in [5.74, 6) is 0.417. The molecule has 0 radical (unpaired) electrons. The molecule has 134 valence electrons. The second-order valence-corrected chi connectivity index (χ2v) is 8.43. The summed E-state index contributed by atoms with van der Waals surface area (Å²) >= 11 is 1.86. The van der Waals surface area contributed by atoms with E-state index in [0.29, 0.717) is 18.2 Å². The van der Waals surface area contributed by atoms with Gasteiger partial charge in [-0.2, -0.15) is 5.10 Å². The first-order chi connectivity index (χ1) is 12.1. The van der Waals surface area contributed by atoms with Crippen molar-refractivity contribution in [2.45, 2.75) is 19.5 Å². The average Bonchev–Trinajstić information content (AvgIpc) is 3.05. The zero-order valence-electron chi connectivity index (χ0n) is 14.7. The normalized spacial score (nSPS) is 24.3. The number of rotatable bonds is 3. The molecule has 0 saturated carbocycles. The van der Waals surface area contributed by atoms with Gasteiger partial charge in [0.25, 0.3) is 5.91 Å². The third-order valence-electron chi connectivity index (χ3n) is 5.02. The van der Waals surface area contributed by atoms with Gasteiger partial charge in [-0.1, -0.05) is 0 Å². The van der Waals surface area contributed by atoms with Crippen LogP contribution in [0.15, 0.2) is 24.4 Å². The number of ether oxygens (including phenoxy) is 1. The van der Waals surface area contributed by atoms with E-state index in [9.17, 15) is 4.79 Å². The van der Waals surface area contributed by atoms with E-state index in [2.05, 4.69) is 29.1 Å². The minimum absolute atomic E-state index is 0.0642. The van der Waals surface area contributed by atoms with E-state index >= 15 is 0 Å². The minimum atomic E-state index is 0.0642. The van der Waals surface area contributed by atoms with Gasteiger partial charge in [-0.15, -0.1) is 11.3 Å². The molecule has 1 amide bonds. The zero-order valence-corrected chi connectivity index (χ0v) is 15.5. The Morgan fingerprint density at radius 3 is 2.88 bits per heavy atom. The van der Waals surface area contributed by atoms with Gasteiger partial charge in [0.1, 0.15) is 5.69 Å². The monoisotopic (exact) mass is 360 g/mol. The summed E-state index contributed by atoms with van der Waals surface area (Å²) in [4.78, 5) is 20.3. The molecule has 2 atom stereocenters. The molecule has 2 aromatic heterocycles. The molecule has 7 heteroatoms. The predicted octanol–water partition coefficient (Wildman–Crippen LogP) is 1.76. The van der Waals surface area contributed by atoms with E-state index in [4.69, 9.17) is 4.74 Å². The maximum absolute atomic E-state index is 13.0. The lowest BCUT2D eigenvalue weighted by atomic mass is 10.1. The zero-order chi connectivity index (χ0) is 17.4. The SMILES string of the molecule is Cc1ccc(CN2C[C@@H]3COC[C@H](C2)N(C(=O)c2ccnn2C)C3)s1. The molecule has 6 nitrogen and oxygen atoms in total. The Bertz CT molecular complexity index is 756. The summed E-state index contributed by atoms with van der Waals surface area (Å²) in [6.07, 6.45) is 1.68. The van der Waals surface area contributed by atoms with Crippen LogP contribution in [0, 0.1) is 12.8 Å². The number of aryl methyl sites for hydroxylation is 2. The second-order valence-electron chi connectivity index (χ2n) is 7.06. The molecule has 2 saturated heterocycles. The molecule has 2 aliphatic heterocycles. The van der Waals surface area contributed by atoms with Crippen molar-refractivity contribution in [3.8, 4) is 0 Å². The number of amides is 1. The fraction of sp³-hybridized carbons (Fsp3) is 0.556. The van der Waals surface area contributed by atoms with Gasteiger partial charge < -0.3 is 9.64 Å². The quantitative estimate of drug-likeness (QED) is 0.837. The third-order valence-corrected chi connectivity index (χ3v) is 6.01. The molecule has 0 unspecified atom stereocenters. The summed E-state index contributed by atoms with van der Waals surface area (Å²) < 4.78 is 7.51. The van der Waals surface area contributed by atoms with Crippen LogP contribution in [0.4, 0.5) is 0 Å². The van der Waals surface area contributed by atoms with Crippen LogP contribution in [0.25, 0.3) is 0 Å². The van der Waals surface area contributed by atoms with Crippen molar-refractivity contribution in [3.05, 3.63) is 39.8 Å². The van der Waals surface area contributed by atoms with E-state index in [1.807, 2.05) is 23.3 Å². The molecule has 2 aliphatic rings. The smallest absolute Gasteiger partial charge is 0.272 e. The molecular weight excluding hydrogens is 336 g/mol. The minimum Gasteiger partial charge on any atom is -0.379 e. The molecule has 0 aliphatic carbocycles. The average molecular weight is 360 g/mol. The van der Waals surface area contributed by atoms with Gasteiger partial charge in [0.05, 0.1) is 19.3 Å². The highest BCUT2D eigenvalue weighted by Crippen LogP contribution is 2.24. The molecule has 4 heterocycles. The Balaban J connectivity index is 1.54. The molecule has 0 aromatic carbocycles. The van der Waals surface area contributed by atoms with Gasteiger partial charge in [-0.25, -0.2) is 0 Å². The third kappa shape index (κ3) is 3.49. The van der Waals surface area contributed by atoms with Crippen molar-refractivity contribution >= 4 is 17.2 Å². The first-order valence-corrected chi connectivity index (χ1v) is 9.56. The van der Waals surface area contributed by atoms with Crippen LogP contribution in [0.2, 0.25) is 0 Å². The standard InChI is InChI=1S/C18H24N4O2S/c1-13-3-4-16(25-13)10-21-7-14-8-22(15(9-21)12-24-11-14)18(23)17-5-6-19-20(17)2/h3-6,14-15H,7-12H2,1-2H3/t14-,15-/m0/s1. The molecule has 4 rings (SSSR count). The molecule has 0 N–H and O–H groups in total. The van der Waals surface area contributed by atoms with Crippen LogP contribution in [0.1, 0.15) is 20.2 Å². The Morgan fingerprint density at radius 1 is 1.28 bits per heavy atom. The number of fused-ring (bicyclic) bond motifs is 3. The molecular formula is C18H24N4O2S. The van der Waals surface area contributed by atoms with E-state index in [-0.39, 0.29) is 11.9 Å². The van der Waals surface area contributed by atoms with Gasteiger partial charge in [-0.05, 0) is 25.1 Å². The summed E-state index contributed by atoms with van der Waals surface area (Å²) in [5.41, 5.74) is 0.646. The van der Waals surface area contributed by atoms with E-state index in [1.165, 1.54) is 9.75 Å². The van der Waals surface area contributed by atoms with Crippen molar-refractivity contribution in [2.75, 3.05) is 32.8 Å². The van der Waals surface area contributed by atoms with Crippen LogP contribution in [0.5, 0.6) is 0 Å². The number of aromatic nitrogens is 2. The highest BCUT2D eigenvalue weighted by molar-refractivity contribution is 7.11. The topological polar surface area (TPSA) is 50.6 Å². The van der Waals surface area contributed by atoms with Gasteiger partial charge in [0.15, 0.2) is 0 Å². The van der Waals surface area contributed by atoms with Crippen molar-refractivity contribution in [1.82, 2.24) is 19.6 Å². The molecule has 2 aromatic rings. The van der Waals surface area contributed by atoms with Gasteiger partial charge in [0, 0.05) is 55.1 Å². The largest absolute Gasteiger partial charge is 0.379 e. The van der Waals surface area contributed by atoms with E-state index in [0.717, 1.165) is 32.8 Å². The number of hydrogen-bond donors (Lipinski definition) is 0. The van der Waals surface area contributed by atoms with Gasteiger partial charge >= 0.3 is 0 Å². The Kier molecular flexibility index (Phi) is 4.62. The van der Waals surface area contributed by atoms with Gasteiger partial charge in [0.2, 0.25) is 0 Å². The number of nitrogens with zero attached hydrogens (tertiary/aromatic N) is 4. The van der Waals surface area contributed by atoms with Crippen LogP contribution in [-0.2, 0) is 18.3 Å². The van der Waals surface area contributed by atoms with Crippen molar-refractivity contribution in [2.24, 2.45) is 13.0 Å². The van der Waals surface area contributed by atoms with Crippen molar-refractivity contribution in [3.63, 3.8) is 0 Å². The summed E-state index contributed by atoms with van der Waals surface area (Å²) in [6, 6.07) is 6.29. The van der Waals surface area contributed by atoms with Crippen LogP contribution >= 0.6 is 11.3 Å². The Labute approximate surface area is 152 Å². The maximum Gasteiger partial charge on any atom is 0.272 e. The lowest BCUT2D eigenvalue weighted by Crippen LogP contribution is -2.46. The van der Waals surface area contributed by atoms with Crippen LogP contribution in [-0.4, -0.2) is 64.4 Å². The van der Waals surface area contributed by atoms with Crippen molar-refractivity contribution < 1.29 is 9.53 Å². The fourth-order valence-corrected chi connectivity index (χ4v) is 4.77. The first kappa shape index (κ1) is 16.8. The number of carbonyl (C=O) groups excluding carboxylic acids is 1. The predicted molar refractivity (Wildman–Crippen MR) is 96.7 cm³/mol. The molecule has 25 heavy (non-hydrogen) atoms. The summed E-state index contributed by atoms with van der Waals surface area (Å²) in [7, 11) is 1.82. The van der Waals surface area contributed by atoms with Gasteiger partial charge in [-0.3, -0.25) is 14.4 Å². The van der Waals surface area contributed by atoms with E-state index < -0.39 is 0 Å². The summed E-state index contributed by atoms with van der Waals surface area (Å²) in [6.45, 7) is 7.03. The lowest BCUT2D eigenvalue weighted by Gasteiger charge is -2.31. The first-order valence-electron chi connectivity index (χ1n) is 8.74. The van der Waals surface area contributed by atoms with Crippen LogP contribution in [0.3, 0.4) is 0 Å². The highest BCUT2D eigenvalue weighted by atomic mass is 32.1. The summed E-state index contributed by atoms with van der Waals surface area (Å²) in [5, 5.41) is 4.14. The van der Waals surface area contributed by atoms with Crippen molar-refractivity contribution in [1.29, 1.82) is 0 Å². The highest BCUT2D eigenvalue weighted by Gasteiger charge is 2.36. The lowest BCUT2D eigenvalue weighted by molar-refractivity contribution is 0.0421. The fourth-order valence-electron chi connectivity index (χ4n) is 3.84. The Morgan fingerprint density at radius 2 is 2.16 bits per heavy atom. The number of hydrogen-bond acceptors (Lipinski definition) is 5. The molecule has 2 fully saturated rings. The van der Waals surface area contributed by atoms with E-state index in [1.54, 1.807) is 16.9 Å².